The molecule has 0 radical (unpaired) electrons. The molecule has 0 saturated carbocycles. The molecule has 6 nitrogen and oxygen atoms in total. The van der Waals surface area contributed by atoms with E-state index in [1.807, 2.05) is 24.3 Å². The third-order valence-electron chi connectivity index (χ3n) is 6.28. The number of piperidine rings is 3. The van der Waals surface area contributed by atoms with E-state index < -0.39 is 12.3 Å². The van der Waals surface area contributed by atoms with Gasteiger partial charge in [-0.2, -0.15) is 0 Å². The Morgan fingerprint density at radius 3 is 2.97 bits per heavy atom. The van der Waals surface area contributed by atoms with Crippen molar-refractivity contribution in [2.75, 3.05) is 26.8 Å². The summed E-state index contributed by atoms with van der Waals surface area (Å²) in [5.41, 5.74) is 1.79. The Morgan fingerprint density at radius 2 is 2.28 bits per heavy atom. The molecule has 5 rings (SSSR count). The number of rotatable bonds is 6. The quantitative estimate of drug-likeness (QED) is 0.534. The molecule has 6 heteroatoms. The van der Waals surface area contributed by atoms with Crippen LogP contribution in [0.4, 0.5) is 4.79 Å². The molecule has 2 bridgehead atoms. The number of aromatic nitrogens is 1. The van der Waals surface area contributed by atoms with Gasteiger partial charge in [0.1, 0.15) is 11.9 Å². The zero-order chi connectivity index (χ0) is 20.4. The van der Waals surface area contributed by atoms with Crippen molar-refractivity contribution >= 4 is 17.1 Å². The molecule has 1 aromatic heterocycles. The first-order valence-electron chi connectivity index (χ1n) is 10.3. The van der Waals surface area contributed by atoms with Gasteiger partial charge >= 0.3 is 6.16 Å². The van der Waals surface area contributed by atoms with Gasteiger partial charge in [-0.1, -0.05) is 6.08 Å². The van der Waals surface area contributed by atoms with Gasteiger partial charge < -0.3 is 14.2 Å². The van der Waals surface area contributed by atoms with Gasteiger partial charge in [0.05, 0.1) is 25.3 Å². The second-order valence-corrected chi connectivity index (χ2v) is 7.75. The largest absolute Gasteiger partial charge is 0.508 e. The average molecular weight is 396 g/mol. The molecule has 0 amide bonds. The Hall–Kier alpha value is -2.60. The second kappa shape index (κ2) is 8.41. The van der Waals surface area contributed by atoms with E-state index in [1.54, 1.807) is 20.2 Å². The highest BCUT2D eigenvalue weighted by Gasteiger charge is 2.44. The molecule has 29 heavy (non-hydrogen) atoms. The summed E-state index contributed by atoms with van der Waals surface area (Å²) in [6, 6.07) is 7.83. The van der Waals surface area contributed by atoms with Crippen molar-refractivity contribution in [3.63, 3.8) is 0 Å². The molecule has 3 saturated heterocycles. The molecule has 0 N–H and O–H groups in total. The lowest BCUT2D eigenvalue weighted by Gasteiger charge is -2.51. The number of ether oxygens (including phenoxy) is 3. The van der Waals surface area contributed by atoms with Crippen molar-refractivity contribution in [3.8, 4) is 5.75 Å². The normalized spacial score (nSPS) is 26.7. The predicted octanol–water partition coefficient (Wildman–Crippen LogP) is 4.35. The highest BCUT2D eigenvalue weighted by Crippen LogP contribution is 2.43. The Kier molecular flexibility index (Phi) is 5.72. The van der Waals surface area contributed by atoms with Crippen molar-refractivity contribution in [3.05, 3.63) is 48.7 Å². The Bertz CT molecular complexity index is 900. The molecule has 2 aromatic rings. The van der Waals surface area contributed by atoms with Gasteiger partial charge in [-0.05, 0) is 62.4 Å². The molecule has 0 spiro atoms. The van der Waals surface area contributed by atoms with Crippen LogP contribution in [0.5, 0.6) is 5.75 Å². The first kappa shape index (κ1) is 19.7. The van der Waals surface area contributed by atoms with E-state index >= 15 is 0 Å². The summed E-state index contributed by atoms with van der Waals surface area (Å²) < 4.78 is 16.5. The number of carbonyl (C=O) groups is 1. The van der Waals surface area contributed by atoms with Gasteiger partial charge in [0.15, 0.2) is 0 Å². The topological polar surface area (TPSA) is 60.9 Å². The summed E-state index contributed by atoms with van der Waals surface area (Å²) >= 11 is 0. The molecule has 154 valence electrons. The average Bonchev–Trinajstić information content (AvgIpc) is 2.77. The zero-order valence-electron chi connectivity index (χ0n) is 17.0. The number of hydrogen-bond acceptors (Lipinski definition) is 6. The smallest absolute Gasteiger partial charge is 0.497 e. The van der Waals surface area contributed by atoms with Gasteiger partial charge in [-0.3, -0.25) is 9.88 Å². The SMILES string of the molecule is C=C[C@@H]1CN2CC[C@@H]1C[C@H]2[C@H](OC(=O)OCC)c1ccnc2ccc(OC)cc12. The molecule has 1 aromatic carbocycles. The summed E-state index contributed by atoms with van der Waals surface area (Å²) in [7, 11) is 1.64. The van der Waals surface area contributed by atoms with Crippen LogP contribution in [0.25, 0.3) is 10.9 Å². The van der Waals surface area contributed by atoms with Crippen LogP contribution in [-0.2, 0) is 9.47 Å². The monoisotopic (exact) mass is 396 g/mol. The van der Waals surface area contributed by atoms with Crippen LogP contribution in [0, 0.1) is 11.8 Å². The van der Waals surface area contributed by atoms with Gasteiger partial charge in [-0.15, -0.1) is 6.58 Å². The Morgan fingerprint density at radius 1 is 1.41 bits per heavy atom. The van der Waals surface area contributed by atoms with Crippen molar-refractivity contribution in [2.45, 2.75) is 31.9 Å². The van der Waals surface area contributed by atoms with Crippen molar-refractivity contribution < 1.29 is 19.0 Å². The zero-order valence-corrected chi connectivity index (χ0v) is 17.0. The molecule has 4 heterocycles. The minimum absolute atomic E-state index is 0.103. The predicted molar refractivity (Wildman–Crippen MR) is 111 cm³/mol. The van der Waals surface area contributed by atoms with Gasteiger partial charge in [0.25, 0.3) is 0 Å². The first-order valence-corrected chi connectivity index (χ1v) is 10.3. The first-order chi connectivity index (χ1) is 14.1. The number of benzene rings is 1. The molecule has 5 atom stereocenters. The van der Waals surface area contributed by atoms with Crippen molar-refractivity contribution in [1.82, 2.24) is 9.88 Å². The lowest BCUT2D eigenvalue weighted by Crippen LogP contribution is -2.55. The van der Waals surface area contributed by atoms with E-state index in [0.29, 0.717) is 11.8 Å². The summed E-state index contributed by atoms with van der Waals surface area (Å²) in [4.78, 5) is 19.2. The van der Waals surface area contributed by atoms with Crippen LogP contribution in [0.2, 0.25) is 0 Å². The second-order valence-electron chi connectivity index (χ2n) is 7.75. The minimum Gasteiger partial charge on any atom is -0.497 e. The third kappa shape index (κ3) is 3.81. The Labute approximate surface area is 171 Å². The minimum atomic E-state index is -0.631. The van der Waals surface area contributed by atoms with E-state index in [4.69, 9.17) is 14.2 Å². The molecular formula is C23H28N2O4. The van der Waals surface area contributed by atoms with Crippen LogP contribution < -0.4 is 4.74 Å². The highest BCUT2D eigenvalue weighted by molar-refractivity contribution is 5.84. The van der Waals surface area contributed by atoms with E-state index in [2.05, 4.69) is 22.5 Å². The van der Waals surface area contributed by atoms with Crippen LogP contribution >= 0.6 is 0 Å². The lowest BCUT2D eigenvalue weighted by molar-refractivity contribution is -0.0652. The van der Waals surface area contributed by atoms with Crippen molar-refractivity contribution in [2.24, 2.45) is 11.8 Å². The fourth-order valence-electron chi connectivity index (χ4n) is 4.82. The maximum Gasteiger partial charge on any atom is 0.508 e. The molecular weight excluding hydrogens is 368 g/mol. The number of pyridine rings is 1. The number of nitrogens with zero attached hydrogens (tertiary/aromatic N) is 2. The lowest BCUT2D eigenvalue weighted by atomic mass is 9.73. The fourth-order valence-corrected chi connectivity index (χ4v) is 4.82. The van der Waals surface area contributed by atoms with Crippen molar-refractivity contribution in [1.29, 1.82) is 0 Å². The summed E-state index contributed by atoms with van der Waals surface area (Å²) in [6.07, 6.45) is 4.91. The molecule has 3 fully saturated rings. The van der Waals surface area contributed by atoms with Gasteiger partial charge in [-0.25, -0.2) is 4.79 Å². The maximum atomic E-state index is 12.3. The standard InChI is InChI=1S/C23H28N2O4/c1-4-15-14-25-11-9-16(15)12-21(25)22(29-23(26)28-5-2)18-8-10-24-20-7-6-17(27-3)13-19(18)20/h4,6-8,10,13,15-16,21-22H,1,5,9,11-12,14H2,2-3H3/t15-,16-,21+,22-/m1/s1. The molecule has 0 aliphatic carbocycles. The number of methoxy groups -OCH3 is 1. The third-order valence-corrected chi connectivity index (χ3v) is 6.28. The summed E-state index contributed by atoms with van der Waals surface area (Å²) in [5.74, 6) is 1.81. The van der Waals surface area contributed by atoms with E-state index in [0.717, 1.165) is 48.1 Å². The maximum absolute atomic E-state index is 12.3. The number of fused-ring (bicyclic) bond motifs is 4. The number of carbonyl (C=O) groups excluding carboxylic acids is 1. The van der Waals surface area contributed by atoms with Crippen LogP contribution in [0.1, 0.15) is 31.4 Å². The Balaban J connectivity index is 1.75. The highest BCUT2D eigenvalue weighted by atomic mass is 16.7. The molecule has 3 aliphatic heterocycles. The van der Waals surface area contributed by atoms with Gasteiger partial charge in [0.2, 0.25) is 0 Å². The number of hydrogen-bond donors (Lipinski definition) is 0. The van der Waals surface area contributed by atoms with E-state index in [9.17, 15) is 4.79 Å². The van der Waals surface area contributed by atoms with Crippen LogP contribution in [-0.4, -0.2) is 48.9 Å². The summed E-state index contributed by atoms with van der Waals surface area (Å²) in [6.45, 7) is 8.04. The van der Waals surface area contributed by atoms with E-state index in [-0.39, 0.29) is 12.6 Å². The molecule has 1 unspecified atom stereocenters. The van der Waals surface area contributed by atoms with Gasteiger partial charge in [0, 0.05) is 23.7 Å². The van der Waals surface area contributed by atoms with Crippen LogP contribution in [0.3, 0.4) is 0 Å². The van der Waals surface area contributed by atoms with Crippen LogP contribution in [0.15, 0.2) is 43.1 Å². The van der Waals surface area contributed by atoms with E-state index in [1.165, 1.54) is 0 Å². The fraction of sp³-hybridized carbons (Fsp3) is 0.478. The molecule has 3 aliphatic rings. The summed E-state index contributed by atoms with van der Waals surface area (Å²) in [5, 5.41) is 0.934.